The number of thiophene rings is 1. The minimum Gasteiger partial charge on any atom is -0.471 e. The molecule has 5 heteroatoms. The Bertz CT molecular complexity index is 646. The van der Waals surface area contributed by atoms with Gasteiger partial charge in [0.25, 0.3) is 5.91 Å². The van der Waals surface area contributed by atoms with Crippen molar-refractivity contribution in [2.75, 3.05) is 11.4 Å². The summed E-state index contributed by atoms with van der Waals surface area (Å²) in [6, 6.07) is 5.65. The molecule has 104 valence electrons. The summed E-state index contributed by atoms with van der Waals surface area (Å²) in [6.45, 7) is 6.56. The molecular formula is C15H16N2O2S. The Morgan fingerprint density at radius 2 is 2.30 bits per heavy atom. The molecule has 4 nitrogen and oxygen atoms in total. The van der Waals surface area contributed by atoms with Crippen LogP contribution in [0.1, 0.15) is 27.0 Å². The fourth-order valence-corrected chi connectivity index (χ4v) is 3.25. The van der Waals surface area contributed by atoms with Crippen molar-refractivity contribution in [2.24, 2.45) is 0 Å². The van der Waals surface area contributed by atoms with E-state index >= 15 is 0 Å². The lowest BCUT2D eigenvalue weighted by molar-refractivity contribution is 0.0962. The highest BCUT2D eigenvalue weighted by Crippen LogP contribution is 2.33. The Morgan fingerprint density at radius 1 is 1.50 bits per heavy atom. The van der Waals surface area contributed by atoms with Gasteiger partial charge in [-0.1, -0.05) is 0 Å². The number of nitrogens with zero attached hydrogens (tertiary/aromatic N) is 2. The fourth-order valence-electron chi connectivity index (χ4n) is 2.27. The van der Waals surface area contributed by atoms with Crippen LogP contribution in [-0.4, -0.2) is 23.5 Å². The summed E-state index contributed by atoms with van der Waals surface area (Å²) in [5.41, 5.74) is 1.91. The molecule has 0 fully saturated rings. The second kappa shape index (κ2) is 4.90. The molecule has 0 aliphatic carbocycles. The SMILES string of the molecule is Cc1cc(C(=O)N2C[C@H](C)Oc3ncccc32)sc1C. The maximum Gasteiger partial charge on any atom is 0.268 e. The van der Waals surface area contributed by atoms with E-state index in [1.165, 1.54) is 16.2 Å². The lowest BCUT2D eigenvalue weighted by atomic mass is 10.2. The third-order valence-corrected chi connectivity index (χ3v) is 4.56. The Labute approximate surface area is 122 Å². The van der Waals surface area contributed by atoms with E-state index in [1.54, 1.807) is 11.1 Å². The second-order valence-electron chi connectivity index (χ2n) is 5.02. The van der Waals surface area contributed by atoms with E-state index in [4.69, 9.17) is 4.74 Å². The summed E-state index contributed by atoms with van der Waals surface area (Å²) < 4.78 is 5.68. The number of pyridine rings is 1. The molecule has 20 heavy (non-hydrogen) atoms. The lowest BCUT2D eigenvalue weighted by Crippen LogP contribution is -2.42. The van der Waals surface area contributed by atoms with Crippen LogP contribution >= 0.6 is 11.3 Å². The van der Waals surface area contributed by atoms with Gasteiger partial charge in [-0.05, 0) is 44.5 Å². The van der Waals surface area contributed by atoms with Crippen molar-refractivity contribution in [3.63, 3.8) is 0 Å². The van der Waals surface area contributed by atoms with Crippen molar-refractivity contribution in [1.82, 2.24) is 4.98 Å². The zero-order valence-electron chi connectivity index (χ0n) is 11.7. The molecule has 1 aliphatic rings. The lowest BCUT2D eigenvalue weighted by Gasteiger charge is -2.32. The Morgan fingerprint density at radius 3 is 3.00 bits per heavy atom. The highest BCUT2D eigenvalue weighted by molar-refractivity contribution is 7.14. The molecule has 0 bridgehead atoms. The van der Waals surface area contributed by atoms with Crippen LogP contribution in [0.2, 0.25) is 0 Å². The topological polar surface area (TPSA) is 42.4 Å². The summed E-state index contributed by atoms with van der Waals surface area (Å²) in [7, 11) is 0. The molecule has 0 N–H and O–H groups in total. The molecule has 1 atom stereocenters. The Balaban J connectivity index is 1.99. The number of hydrogen-bond acceptors (Lipinski definition) is 4. The molecule has 0 saturated heterocycles. The zero-order chi connectivity index (χ0) is 14.3. The normalized spacial score (nSPS) is 17.6. The minimum atomic E-state index is -0.0523. The van der Waals surface area contributed by atoms with Gasteiger partial charge in [0.2, 0.25) is 5.88 Å². The molecular weight excluding hydrogens is 272 g/mol. The molecule has 0 aromatic carbocycles. The van der Waals surface area contributed by atoms with Crippen LogP contribution in [0.3, 0.4) is 0 Å². The quantitative estimate of drug-likeness (QED) is 0.809. The first-order chi connectivity index (χ1) is 9.56. The van der Waals surface area contributed by atoms with E-state index < -0.39 is 0 Å². The summed E-state index contributed by atoms with van der Waals surface area (Å²) in [6.07, 6.45) is 1.63. The first-order valence-corrected chi connectivity index (χ1v) is 7.38. The summed E-state index contributed by atoms with van der Waals surface area (Å²) in [5.74, 6) is 0.556. The van der Waals surface area contributed by atoms with Gasteiger partial charge in [-0.15, -0.1) is 11.3 Å². The van der Waals surface area contributed by atoms with E-state index in [9.17, 15) is 4.79 Å². The number of rotatable bonds is 1. The van der Waals surface area contributed by atoms with Crippen molar-refractivity contribution in [2.45, 2.75) is 26.9 Å². The number of amides is 1. The first-order valence-electron chi connectivity index (χ1n) is 6.57. The molecule has 2 aromatic heterocycles. The Kier molecular flexibility index (Phi) is 3.22. The number of carbonyl (C=O) groups is 1. The third-order valence-electron chi connectivity index (χ3n) is 3.42. The maximum absolute atomic E-state index is 12.7. The highest BCUT2D eigenvalue weighted by Gasteiger charge is 2.29. The summed E-state index contributed by atoms with van der Waals surface area (Å²) >= 11 is 1.54. The van der Waals surface area contributed by atoms with Gasteiger partial charge in [0.1, 0.15) is 11.8 Å². The highest BCUT2D eigenvalue weighted by atomic mass is 32.1. The third kappa shape index (κ3) is 2.18. The second-order valence-corrected chi connectivity index (χ2v) is 6.28. The number of aromatic nitrogens is 1. The number of hydrogen-bond donors (Lipinski definition) is 0. The van der Waals surface area contributed by atoms with Crippen LogP contribution in [0, 0.1) is 13.8 Å². The van der Waals surface area contributed by atoms with Crippen LogP contribution in [0.4, 0.5) is 5.69 Å². The standard InChI is InChI=1S/C15H16N2O2S/c1-9-7-13(20-11(9)3)15(18)17-8-10(2)19-14-12(17)5-4-6-16-14/h4-7,10H,8H2,1-3H3/t10-/m0/s1. The fraction of sp³-hybridized carbons (Fsp3) is 0.333. The number of carbonyl (C=O) groups excluding carboxylic acids is 1. The van der Waals surface area contributed by atoms with Crippen molar-refractivity contribution in [3.8, 4) is 5.88 Å². The minimum absolute atomic E-state index is 0.0237. The van der Waals surface area contributed by atoms with Crippen molar-refractivity contribution in [1.29, 1.82) is 0 Å². The number of ether oxygens (including phenoxy) is 1. The predicted molar refractivity (Wildman–Crippen MR) is 79.8 cm³/mol. The van der Waals surface area contributed by atoms with Gasteiger partial charge in [0.15, 0.2) is 0 Å². The van der Waals surface area contributed by atoms with Crippen LogP contribution in [0.5, 0.6) is 5.88 Å². The van der Waals surface area contributed by atoms with E-state index in [0.717, 1.165) is 16.1 Å². The molecule has 0 saturated carbocycles. The summed E-state index contributed by atoms with van der Waals surface area (Å²) in [5, 5.41) is 0. The molecule has 0 unspecified atom stereocenters. The maximum atomic E-state index is 12.7. The van der Waals surface area contributed by atoms with Gasteiger partial charge >= 0.3 is 0 Å². The molecule has 0 radical (unpaired) electrons. The van der Waals surface area contributed by atoms with E-state index in [0.29, 0.717) is 12.4 Å². The molecule has 0 spiro atoms. The predicted octanol–water partition coefficient (Wildman–Crippen LogP) is 3.19. The van der Waals surface area contributed by atoms with Crippen LogP contribution in [0.25, 0.3) is 0 Å². The van der Waals surface area contributed by atoms with Crippen LogP contribution in [-0.2, 0) is 0 Å². The number of fused-ring (bicyclic) bond motifs is 1. The van der Waals surface area contributed by atoms with Crippen molar-refractivity contribution in [3.05, 3.63) is 39.7 Å². The largest absolute Gasteiger partial charge is 0.471 e. The molecule has 3 heterocycles. The van der Waals surface area contributed by atoms with E-state index in [2.05, 4.69) is 4.98 Å². The van der Waals surface area contributed by atoms with Gasteiger partial charge < -0.3 is 4.74 Å². The van der Waals surface area contributed by atoms with Crippen molar-refractivity contribution >= 4 is 22.9 Å². The van der Waals surface area contributed by atoms with Crippen LogP contribution in [0.15, 0.2) is 24.4 Å². The van der Waals surface area contributed by atoms with Gasteiger partial charge in [-0.3, -0.25) is 9.69 Å². The molecule has 1 amide bonds. The van der Waals surface area contributed by atoms with Gasteiger partial charge in [0.05, 0.1) is 11.4 Å². The molecule has 1 aliphatic heterocycles. The number of aryl methyl sites for hydroxylation is 2. The van der Waals surface area contributed by atoms with E-state index in [-0.39, 0.29) is 12.0 Å². The average molecular weight is 288 g/mol. The first kappa shape index (κ1) is 13.1. The van der Waals surface area contributed by atoms with Gasteiger partial charge in [-0.2, -0.15) is 0 Å². The van der Waals surface area contributed by atoms with Gasteiger partial charge in [0, 0.05) is 11.1 Å². The molecule has 3 rings (SSSR count). The van der Waals surface area contributed by atoms with E-state index in [1.807, 2.05) is 39.0 Å². The Hall–Kier alpha value is -1.88. The molecule has 2 aromatic rings. The zero-order valence-corrected chi connectivity index (χ0v) is 12.5. The van der Waals surface area contributed by atoms with Gasteiger partial charge in [-0.25, -0.2) is 4.98 Å². The monoisotopic (exact) mass is 288 g/mol. The van der Waals surface area contributed by atoms with Crippen LogP contribution < -0.4 is 9.64 Å². The average Bonchev–Trinajstić information content (AvgIpc) is 2.77. The smallest absolute Gasteiger partial charge is 0.268 e. The van der Waals surface area contributed by atoms with Crippen molar-refractivity contribution < 1.29 is 9.53 Å². The summed E-state index contributed by atoms with van der Waals surface area (Å²) in [4.78, 5) is 20.6. The number of anilines is 1.